The maximum absolute atomic E-state index is 14.4. The third-order valence-electron chi connectivity index (χ3n) is 9.28. The highest BCUT2D eigenvalue weighted by atomic mass is 16.2. The van der Waals surface area contributed by atoms with E-state index in [4.69, 9.17) is 5.73 Å². The number of nitrogens with zero attached hydrogens (tertiary/aromatic N) is 4. The number of nitrogens with one attached hydrogen (secondary N) is 3. The molecule has 1 fully saturated rings. The molecule has 0 spiro atoms. The first-order valence-electron chi connectivity index (χ1n) is 17.2. The number of hydrogen-bond donors (Lipinski definition) is 4. The summed E-state index contributed by atoms with van der Waals surface area (Å²) in [7, 11) is 1.86. The Morgan fingerprint density at radius 2 is 1.61 bits per heavy atom. The minimum absolute atomic E-state index is 0.113. The largest absolute Gasteiger partial charge is 0.384 e. The van der Waals surface area contributed by atoms with Crippen LogP contribution in [0.5, 0.6) is 0 Å². The number of piperidine rings is 1. The lowest BCUT2D eigenvalue weighted by Crippen LogP contribution is -2.51. The fourth-order valence-corrected chi connectivity index (χ4v) is 6.40. The summed E-state index contributed by atoms with van der Waals surface area (Å²) < 4.78 is 0. The number of aromatic nitrogens is 2. The molecule has 2 aromatic heterocycles. The second-order valence-electron chi connectivity index (χ2n) is 13.1. The van der Waals surface area contributed by atoms with Crippen molar-refractivity contribution in [1.82, 2.24) is 25.1 Å². The fraction of sp³-hybridized carbons (Fsp3) is 0.333. The van der Waals surface area contributed by atoms with Crippen LogP contribution in [0.25, 0.3) is 0 Å². The van der Waals surface area contributed by atoms with Crippen molar-refractivity contribution < 1.29 is 19.2 Å². The van der Waals surface area contributed by atoms with Gasteiger partial charge in [0, 0.05) is 43.5 Å². The molecule has 1 aliphatic heterocycles. The molecule has 12 heteroatoms. The molecule has 0 unspecified atom stereocenters. The van der Waals surface area contributed by atoms with Gasteiger partial charge in [0.15, 0.2) is 0 Å². The topological polar surface area (TPSA) is 163 Å². The first-order valence-corrected chi connectivity index (χ1v) is 17.2. The number of pyridine rings is 2. The van der Waals surface area contributed by atoms with Crippen LogP contribution < -0.4 is 21.7 Å². The molecule has 0 saturated carbocycles. The highest BCUT2D eigenvalue weighted by Crippen LogP contribution is 2.34. The number of rotatable bonds is 13. The summed E-state index contributed by atoms with van der Waals surface area (Å²) in [4.78, 5) is 65.8. The summed E-state index contributed by atoms with van der Waals surface area (Å²) in [5, 5.41) is 8.96. The van der Waals surface area contributed by atoms with E-state index in [2.05, 4.69) is 25.9 Å². The predicted molar refractivity (Wildman–Crippen MR) is 198 cm³/mol. The van der Waals surface area contributed by atoms with E-state index in [9.17, 15) is 19.2 Å². The Bertz CT molecular complexity index is 1860. The number of likely N-dealkylation sites (tertiary alicyclic amines) is 1. The first kappa shape index (κ1) is 36.7. The average Bonchev–Trinajstić information content (AvgIpc) is 3.12. The molecule has 4 aromatic rings. The van der Waals surface area contributed by atoms with Gasteiger partial charge in [0.25, 0.3) is 5.91 Å². The number of benzene rings is 2. The summed E-state index contributed by atoms with van der Waals surface area (Å²) in [5.74, 6) is -0.207. The Morgan fingerprint density at radius 1 is 0.863 bits per heavy atom. The molecule has 51 heavy (non-hydrogen) atoms. The maximum atomic E-state index is 14.4. The van der Waals surface area contributed by atoms with E-state index < -0.39 is 5.41 Å². The lowest BCUT2D eigenvalue weighted by molar-refractivity contribution is -0.146. The Labute approximate surface area is 298 Å². The van der Waals surface area contributed by atoms with E-state index in [1.165, 1.54) is 0 Å². The van der Waals surface area contributed by atoms with Crippen molar-refractivity contribution in [3.63, 3.8) is 0 Å². The van der Waals surface area contributed by atoms with Gasteiger partial charge in [-0.2, -0.15) is 0 Å². The van der Waals surface area contributed by atoms with E-state index in [1.807, 2.05) is 63.4 Å². The summed E-state index contributed by atoms with van der Waals surface area (Å²) in [6, 6.07) is 23.6. The maximum Gasteiger partial charge on any atom is 0.272 e. The Balaban J connectivity index is 1.31. The zero-order valence-electron chi connectivity index (χ0n) is 29.4. The molecular formula is C39H46N8O4. The molecule has 266 valence electrons. The van der Waals surface area contributed by atoms with Crippen LogP contribution in [-0.4, -0.2) is 70.1 Å². The van der Waals surface area contributed by atoms with Crippen LogP contribution in [-0.2, 0) is 40.3 Å². The number of amides is 4. The molecule has 2 aromatic carbocycles. The van der Waals surface area contributed by atoms with Crippen molar-refractivity contribution in [3.8, 4) is 0 Å². The first-order chi connectivity index (χ1) is 24.6. The minimum Gasteiger partial charge on any atom is -0.384 e. The van der Waals surface area contributed by atoms with E-state index in [-0.39, 0.29) is 54.7 Å². The molecule has 5 rings (SSSR count). The van der Waals surface area contributed by atoms with Gasteiger partial charge in [-0.15, -0.1) is 0 Å². The van der Waals surface area contributed by atoms with E-state index in [0.717, 1.165) is 22.3 Å². The van der Waals surface area contributed by atoms with Gasteiger partial charge in [-0.05, 0) is 85.0 Å². The molecule has 4 amide bonds. The third kappa shape index (κ3) is 9.55. The van der Waals surface area contributed by atoms with Crippen molar-refractivity contribution in [1.29, 1.82) is 0 Å². The Hall–Kier alpha value is -5.62. The fourth-order valence-electron chi connectivity index (χ4n) is 6.40. The molecule has 12 nitrogen and oxygen atoms in total. The van der Waals surface area contributed by atoms with Gasteiger partial charge < -0.3 is 31.5 Å². The average molecular weight is 691 g/mol. The summed E-state index contributed by atoms with van der Waals surface area (Å²) >= 11 is 0. The molecule has 3 heterocycles. The highest BCUT2D eigenvalue weighted by Gasteiger charge is 2.41. The predicted octanol–water partition coefficient (Wildman–Crippen LogP) is 4.43. The Morgan fingerprint density at radius 3 is 2.29 bits per heavy atom. The Kier molecular flexibility index (Phi) is 12.1. The number of nitrogens with two attached hydrogens (primary N) is 1. The second-order valence-corrected chi connectivity index (χ2v) is 13.1. The lowest BCUT2D eigenvalue weighted by atomic mass is 9.78. The summed E-state index contributed by atoms with van der Waals surface area (Å²) in [6.45, 7) is 5.33. The van der Waals surface area contributed by atoms with Crippen molar-refractivity contribution >= 4 is 41.0 Å². The van der Waals surface area contributed by atoms with Crippen molar-refractivity contribution in [2.75, 3.05) is 43.0 Å². The quantitative estimate of drug-likeness (QED) is 0.160. The number of nitrogen functional groups attached to an aromatic ring is 1. The van der Waals surface area contributed by atoms with E-state index in [1.54, 1.807) is 52.4 Å². The van der Waals surface area contributed by atoms with Gasteiger partial charge in [0.05, 0.1) is 6.42 Å². The highest BCUT2D eigenvalue weighted by molar-refractivity contribution is 5.96. The standard InChI is InChI=1S/C39H46N8O4/c1-4-27-15-16-31(22-30(27)23-35(48)45-34-14-7-8-19-42-34)43-36(49)26-47(25-29-11-6-5-10-28(29)24-41-3)38(51)39(2)17-20-46(21-18-39)37(50)32-12-9-13-33(40)44-32/h5-16,19,22,41H,4,17-18,20-21,23-26H2,1-3H3,(H2,40,44)(H,43,49)(H,42,45,48). The van der Waals surface area contributed by atoms with Crippen LogP contribution >= 0.6 is 0 Å². The zero-order valence-corrected chi connectivity index (χ0v) is 29.4. The van der Waals surface area contributed by atoms with E-state index >= 15 is 0 Å². The van der Waals surface area contributed by atoms with Gasteiger partial charge in [0.1, 0.15) is 23.9 Å². The van der Waals surface area contributed by atoms with Gasteiger partial charge in [0.2, 0.25) is 17.7 Å². The van der Waals surface area contributed by atoms with Gasteiger partial charge >= 0.3 is 0 Å². The number of carbonyl (C=O) groups excluding carboxylic acids is 4. The van der Waals surface area contributed by atoms with Crippen LogP contribution in [0, 0.1) is 5.41 Å². The minimum atomic E-state index is -0.797. The molecule has 5 N–H and O–H groups in total. The molecule has 0 radical (unpaired) electrons. The molecule has 0 atom stereocenters. The van der Waals surface area contributed by atoms with Gasteiger partial charge in [-0.3, -0.25) is 19.2 Å². The third-order valence-corrected chi connectivity index (χ3v) is 9.28. The lowest BCUT2D eigenvalue weighted by Gasteiger charge is -2.41. The second kappa shape index (κ2) is 16.9. The SMILES string of the molecule is CCc1ccc(NC(=O)CN(Cc2ccccc2CNC)C(=O)C2(C)CCN(C(=O)c3cccc(N)n3)CC2)cc1CC(=O)Nc1ccccn1. The molecule has 1 saturated heterocycles. The smallest absolute Gasteiger partial charge is 0.272 e. The van der Waals surface area contributed by atoms with Crippen LogP contribution in [0.4, 0.5) is 17.3 Å². The number of anilines is 3. The monoisotopic (exact) mass is 690 g/mol. The normalized spacial score (nSPS) is 13.7. The number of carbonyl (C=O) groups is 4. The van der Waals surface area contributed by atoms with Gasteiger partial charge in [-0.25, -0.2) is 9.97 Å². The summed E-state index contributed by atoms with van der Waals surface area (Å²) in [6.07, 6.45) is 3.30. The summed E-state index contributed by atoms with van der Waals surface area (Å²) in [5.41, 5.74) is 9.56. The molecule has 0 bridgehead atoms. The van der Waals surface area contributed by atoms with E-state index in [0.29, 0.717) is 50.4 Å². The van der Waals surface area contributed by atoms with Crippen LogP contribution in [0.1, 0.15) is 59.4 Å². The van der Waals surface area contributed by atoms with Crippen LogP contribution in [0.15, 0.2) is 85.1 Å². The zero-order chi connectivity index (χ0) is 36.4. The number of aryl methyl sites for hydroxylation is 1. The van der Waals surface area contributed by atoms with Crippen molar-refractivity contribution in [3.05, 3.63) is 113 Å². The molecule has 1 aliphatic rings. The van der Waals surface area contributed by atoms with Gasteiger partial charge in [-0.1, -0.05) is 56.3 Å². The van der Waals surface area contributed by atoms with Crippen molar-refractivity contribution in [2.45, 2.75) is 52.6 Å². The molecular weight excluding hydrogens is 644 g/mol. The van der Waals surface area contributed by atoms with Crippen LogP contribution in [0.3, 0.4) is 0 Å². The van der Waals surface area contributed by atoms with Crippen LogP contribution in [0.2, 0.25) is 0 Å². The molecule has 0 aliphatic carbocycles. The van der Waals surface area contributed by atoms with Crippen molar-refractivity contribution in [2.24, 2.45) is 5.41 Å². The number of hydrogen-bond acceptors (Lipinski definition) is 8.